The van der Waals surface area contributed by atoms with Gasteiger partial charge in [0.2, 0.25) is 17.6 Å². The molecule has 0 radical (unpaired) electrons. The van der Waals surface area contributed by atoms with Gasteiger partial charge in [-0.3, -0.25) is 9.59 Å². The van der Waals surface area contributed by atoms with E-state index in [1.165, 1.54) is 18.4 Å². The Morgan fingerprint density at radius 1 is 1.44 bits per heavy atom. The van der Waals surface area contributed by atoms with Crippen LogP contribution in [0, 0.1) is 12.8 Å². The molecule has 1 aliphatic rings. The smallest absolute Gasteiger partial charge is 0.291 e. The van der Waals surface area contributed by atoms with Crippen molar-refractivity contribution in [3.8, 4) is 0 Å². The minimum absolute atomic E-state index is 0.168. The Balaban J connectivity index is 1.84. The third-order valence-corrected chi connectivity index (χ3v) is 4.20. The summed E-state index contributed by atoms with van der Waals surface area (Å²) < 4.78 is 15.4. The number of hydrogen-bond donors (Lipinski definition) is 1. The van der Waals surface area contributed by atoms with Crippen LogP contribution in [0.25, 0.3) is 0 Å². The Kier molecular flexibility index (Phi) is 4.79. The molecule has 0 spiro atoms. The van der Waals surface area contributed by atoms with E-state index >= 15 is 0 Å². The predicted molar refractivity (Wildman–Crippen MR) is 82.5 cm³/mol. The van der Waals surface area contributed by atoms with Crippen LogP contribution in [0.5, 0.6) is 0 Å². The van der Waals surface area contributed by atoms with Gasteiger partial charge in [-0.2, -0.15) is 4.98 Å². The van der Waals surface area contributed by atoms with E-state index in [4.69, 9.17) is 13.7 Å². The Labute approximate surface area is 143 Å². The summed E-state index contributed by atoms with van der Waals surface area (Å²) in [6.07, 6.45) is 1.22. The Morgan fingerprint density at radius 3 is 2.88 bits per heavy atom. The Bertz CT molecular complexity index is 770. The average molecular weight is 349 g/mol. The summed E-state index contributed by atoms with van der Waals surface area (Å²) in [4.78, 5) is 34.6. The second kappa shape index (κ2) is 7.01. The minimum atomic E-state index is -0.493. The monoisotopic (exact) mass is 349 g/mol. The van der Waals surface area contributed by atoms with Crippen molar-refractivity contribution in [3.05, 3.63) is 29.6 Å². The quantitative estimate of drug-likeness (QED) is 0.807. The number of rotatable bonds is 5. The predicted octanol–water partition coefficient (Wildman–Crippen LogP) is 0.114. The van der Waals surface area contributed by atoms with Crippen LogP contribution >= 0.6 is 0 Å². The third kappa shape index (κ3) is 3.25. The van der Waals surface area contributed by atoms with Crippen molar-refractivity contribution in [2.75, 3.05) is 27.2 Å². The number of aromatic nitrogens is 3. The number of aryl methyl sites for hydroxylation is 1. The molecule has 1 fully saturated rings. The third-order valence-electron chi connectivity index (χ3n) is 4.20. The van der Waals surface area contributed by atoms with Gasteiger partial charge in [0.05, 0.1) is 17.5 Å². The number of amides is 2. The van der Waals surface area contributed by atoms with E-state index in [0.717, 1.165) is 0 Å². The number of nitrogens with zero attached hydrogens (tertiary/aromatic N) is 4. The summed E-state index contributed by atoms with van der Waals surface area (Å²) in [5.74, 6) is -0.529. The largest absolute Gasteiger partial charge is 0.438 e. The van der Waals surface area contributed by atoms with Crippen molar-refractivity contribution in [2.45, 2.75) is 19.4 Å². The van der Waals surface area contributed by atoms with Crippen molar-refractivity contribution in [1.29, 1.82) is 0 Å². The van der Waals surface area contributed by atoms with Gasteiger partial charge in [-0.1, -0.05) is 5.16 Å². The molecule has 3 rings (SSSR count). The average Bonchev–Trinajstić information content (AvgIpc) is 3.32. The van der Waals surface area contributed by atoms with Gasteiger partial charge in [0.15, 0.2) is 12.2 Å². The van der Waals surface area contributed by atoms with Crippen LogP contribution in [0.15, 0.2) is 15.3 Å². The van der Waals surface area contributed by atoms with Crippen LogP contribution in [0.4, 0.5) is 0 Å². The summed E-state index contributed by atoms with van der Waals surface area (Å²) in [6, 6.07) is 0. The zero-order chi connectivity index (χ0) is 18.0. The van der Waals surface area contributed by atoms with Crippen LogP contribution in [0.3, 0.4) is 0 Å². The number of nitrogens with one attached hydrogen (secondary N) is 1. The number of likely N-dealkylation sites (tertiary alicyclic amines) is 1. The molecule has 2 unspecified atom stereocenters. The van der Waals surface area contributed by atoms with Crippen molar-refractivity contribution >= 4 is 11.8 Å². The maximum Gasteiger partial charge on any atom is 0.291 e. The van der Waals surface area contributed by atoms with Crippen molar-refractivity contribution in [1.82, 2.24) is 25.3 Å². The maximum atomic E-state index is 12.6. The topological polar surface area (TPSA) is 124 Å². The summed E-state index contributed by atoms with van der Waals surface area (Å²) >= 11 is 0. The highest BCUT2D eigenvalue weighted by Crippen LogP contribution is 2.33. The van der Waals surface area contributed by atoms with Crippen molar-refractivity contribution in [3.63, 3.8) is 0 Å². The van der Waals surface area contributed by atoms with Gasteiger partial charge in [0, 0.05) is 27.2 Å². The van der Waals surface area contributed by atoms with Gasteiger partial charge in [-0.25, -0.2) is 4.98 Å². The lowest BCUT2D eigenvalue weighted by atomic mass is 9.95. The van der Waals surface area contributed by atoms with Gasteiger partial charge in [-0.05, 0) is 6.92 Å². The molecule has 2 amide bonds. The van der Waals surface area contributed by atoms with Gasteiger partial charge < -0.3 is 23.9 Å². The van der Waals surface area contributed by atoms with E-state index in [-0.39, 0.29) is 37.3 Å². The zero-order valence-electron chi connectivity index (χ0n) is 14.2. The normalized spacial score (nSPS) is 20.0. The number of ether oxygens (including phenoxy) is 1. The lowest BCUT2D eigenvalue weighted by Gasteiger charge is -2.14. The SMILES string of the molecule is CNC(=O)C1CN(C(=O)c2ocnc2C)CC1c1nc(COC)no1. The maximum absolute atomic E-state index is 12.6. The minimum Gasteiger partial charge on any atom is -0.438 e. The molecular weight excluding hydrogens is 330 g/mol. The molecule has 0 saturated carbocycles. The second-order valence-electron chi connectivity index (χ2n) is 5.79. The van der Waals surface area contributed by atoms with Crippen LogP contribution in [0.1, 0.15) is 33.9 Å². The molecule has 0 bridgehead atoms. The molecule has 10 nitrogen and oxygen atoms in total. The Hall–Kier alpha value is -2.75. The van der Waals surface area contributed by atoms with E-state index in [2.05, 4.69) is 20.4 Å². The highest BCUT2D eigenvalue weighted by Gasteiger charge is 2.44. The molecule has 0 aromatic carbocycles. The Morgan fingerprint density at radius 2 is 2.24 bits per heavy atom. The van der Waals surface area contributed by atoms with Crippen LogP contribution in [-0.2, 0) is 16.1 Å². The molecular formula is C15H19N5O5. The van der Waals surface area contributed by atoms with E-state index in [1.807, 2.05) is 0 Å². The highest BCUT2D eigenvalue weighted by molar-refractivity contribution is 5.93. The lowest BCUT2D eigenvalue weighted by Crippen LogP contribution is -2.33. The fourth-order valence-electron chi connectivity index (χ4n) is 2.93. The number of carbonyl (C=O) groups is 2. The number of hydrogen-bond acceptors (Lipinski definition) is 8. The van der Waals surface area contributed by atoms with Gasteiger partial charge >= 0.3 is 0 Å². The first-order valence-electron chi connectivity index (χ1n) is 7.77. The van der Waals surface area contributed by atoms with Gasteiger partial charge in [0.25, 0.3) is 5.91 Å². The molecule has 134 valence electrons. The first kappa shape index (κ1) is 17.1. The van der Waals surface area contributed by atoms with Crippen LogP contribution in [0.2, 0.25) is 0 Å². The number of methoxy groups -OCH3 is 1. The summed E-state index contributed by atoms with van der Waals surface area (Å²) in [5.41, 5.74) is 0.505. The molecule has 1 N–H and O–H groups in total. The molecule has 10 heteroatoms. The lowest BCUT2D eigenvalue weighted by molar-refractivity contribution is -0.124. The van der Waals surface area contributed by atoms with Crippen LogP contribution in [-0.4, -0.2) is 59.1 Å². The van der Waals surface area contributed by atoms with Gasteiger partial charge in [0.1, 0.15) is 6.61 Å². The molecule has 2 aromatic heterocycles. The number of oxazole rings is 1. The van der Waals surface area contributed by atoms with Crippen LogP contribution < -0.4 is 5.32 Å². The standard InChI is InChI=1S/C15H19N5O5/c1-8-12(24-7-17-8)15(22)20-4-9(13(21)16-2)10(5-20)14-18-11(6-23-3)19-25-14/h7,9-10H,4-6H2,1-3H3,(H,16,21). The second-order valence-corrected chi connectivity index (χ2v) is 5.79. The van der Waals surface area contributed by atoms with E-state index in [1.54, 1.807) is 14.0 Å². The summed E-state index contributed by atoms with van der Waals surface area (Å²) in [6.45, 7) is 2.40. The zero-order valence-corrected chi connectivity index (χ0v) is 14.2. The molecule has 3 heterocycles. The van der Waals surface area contributed by atoms with Gasteiger partial charge in [-0.15, -0.1) is 0 Å². The molecule has 25 heavy (non-hydrogen) atoms. The molecule has 0 aliphatic carbocycles. The summed E-state index contributed by atoms with van der Waals surface area (Å²) in [5, 5.41) is 6.45. The molecule has 1 saturated heterocycles. The highest BCUT2D eigenvalue weighted by atomic mass is 16.5. The number of carbonyl (C=O) groups excluding carboxylic acids is 2. The van der Waals surface area contributed by atoms with Crippen molar-refractivity contribution in [2.24, 2.45) is 5.92 Å². The molecule has 1 aliphatic heterocycles. The molecule has 2 aromatic rings. The molecule has 2 atom stereocenters. The first-order chi connectivity index (χ1) is 12.0. The van der Waals surface area contributed by atoms with E-state index in [0.29, 0.717) is 17.4 Å². The first-order valence-corrected chi connectivity index (χ1v) is 7.77. The van der Waals surface area contributed by atoms with E-state index < -0.39 is 11.8 Å². The fraction of sp³-hybridized carbons (Fsp3) is 0.533. The van der Waals surface area contributed by atoms with E-state index in [9.17, 15) is 9.59 Å². The fourth-order valence-corrected chi connectivity index (χ4v) is 2.93. The summed E-state index contributed by atoms with van der Waals surface area (Å²) in [7, 11) is 3.08. The van der Waals surface area contributed by atoms with Crippen molar-refractivity contribution < 1.29 is 23.3 Å².